The number of hydrogen-bond donors (Lipinski definition) is 1. The maximum absolute atomic E-state index is 11.2. The number of piperidine rings is 1. The van der Waals surface area contributed by atoms with E-state index >= 15 is 0 Å². The average molecular weight is 183 g/mol. The number of fused-ring (bicyclic) bond motifs is 2. The molecule has 2 rings (SSSR count). The minimum absolute atomic E-state index is 0.0976. The highest BCUT2D eigenvalue weighted by Crippen LogP contribution is 2.42. The first-order valence-corrected chi connectivity index (χ1v) is 4.63. The molecule has 3 atom stereocenters. The van der Waals surface area contributed by atoms with E-state index in [9.17, 15) is 9.59 Å². The molecular weight excluding hydrogens is 170 g/mol. The lowest BCUT2D eigenvalue weighted by Crippen LogP contribution is -2.48. The van der Waals surface area contributed by atoms with Crippen molar-refractivity contribution in [2.24, 2.45) is 5.92 Å². The third-order valence-corrected chi connectivity index (χ3v) is 3.20. The van der Waals surface area contributed by atoms with Crippen molar-refractivity contribution in [3.8, 4) is 0 Å². The lowest BCUT2D eigenvalue weighted by molar-refractivity contribution is -0.151. The summed E-state index contributed by atoms with van der Waals surface area (Å²) in [5.74, 6) is -0.742. The van der Waals surface area contributed by atoms with E-state index in [1.54, 1.807) is 4.90 Å². The first kappa shape index (κ1) is 8.53. The Morgan fingerprint density at radius 1 is 1.38 bits per heavy atom. The van der Waals surface area contributed by atoms with Gasteiger partial charge in [-0.2, -0.15) is 0 Å². The van der Waals surface area contributed by atoms with Crippen molar-refractivity contribution in [1.29, 1.82) is 0 Å². The minimum Gasteiger partial charge on any atom is -0.480 e. The molecule has 72 valence electrons. The zero-order chi connectivity index (χ0) is 9.59. The second-order valence-electron chi connectivity index (χ2n) is 3.94. The third kappa shape index (κ3) is 1.12. The van der Waals surface area contributed by atoms with Gasteiger partial charge in [0, 0.05) is 13.0 Å². The SMILES string of the molecule is CC(=O)N1C2CC[C@@H](C2)[C@H]1C(=O)O. The number of amides is 1. The molecule has 1 saturated heterocycles. The van der Waals surface area contributed by atoms with Gasteiger partial charge >= 0.3 is 5.97 Å². The zero-order valence-corrected chi connectivity index (χ0v) is 7.56. The van der Waals surface area contributed by atoms with Gasteiger partial charge in [0.15, 0.2) is 0 Å². The second-order valence-corrected chi connectivity index (χ2v) is 3.94. The Balaban J connectivity index is 2.24. The molecule has 2 fully saturated rings. The number of carboxylic acids is 1. The summed E-state index contributed by atoms with van der Waals surface area (Å²) in [6.45, 7) is 1.46. The fourth-order valence-corrected chi connectivity index (χ4v) is 2.76. The lowest BCUT2D eigenvalue weighted by Gasteiger charge is -2.31. The average Bonchev–Trinajstić information content (AvgIpc) is 2.60. The molecule has 1 saturated carbocycles. The highest BCUT2D eigenvalue weighted by Gasteiger charge is 2.50. The number of hydrogen-bond acceptors (Lipinski definition) is 2. The van der Waals surface area contributed by atoms with E-state index in [2.05, 4.69) is 0 Å². The molecule has 1 amide bonds. The highest BCUT2D eigenvalue weighted by molar-refractivity contribution is 5.84. The normalized spacial score (nSPS) is 36.7. The second kappa shape index (κ2) is 2.72. The molecule has 1 N–H and O–H groups in total. The summed E-state index contributed by atoms with van der Waals surface area (Å²) in [5, 5.41) is 8.96. The number of nitrogens with zero attached hydrogens (tertiary/aromatic N) is 1. The number of carbonyl (C=O) groups excluding carboxylic acids is 1. The van der Waals surface area contributed by atoms with Crippen molar-refractivity contribution in [3.05, 3.63) is 0 Å². The maximum atomic E-state index is 11.2. The van der Waals surface area contributed by atoms with Gasteiger partial charge in [-0.15, -0.1) is 0 Å². The molecule has 1 aliphatic heterocycles. The molecule has 2 bridgehead atoms. The quantitative estimate of drug-likeness (QED) is 0.643. The summed E-state index contributed by atoms with van der Waals surface area (Å²) >= 11 is 0. The lowest BCUT2D eigenvalue weighted by atomic mass is 9.99. The monoisotopic (exact) mass is 183 g/mol. The van der Waals surface area contributed by atoms with Gasteiger partial charge < -0.3 is 10.0 Å². The summed E-state index contributed by atoms with van der Waals surface area (Å²) in [7, 11) is 0. The van der Waals surface area contributed by atoms with Crippen molar-refractivity contribution in [2.75, 3.05) is 0 Å². The van der Waals surface area contributed by atoms with Gasteiger partial charge in [-0.3, -0.25) is 4.79 Å². The van der Waals surface area contributed by atoms with Gasteiger partial charge in [-0.25, -0.2) is 4.79 Å². The van der Waals surface area contributed by atoms with Crippen LogP contribution in [0.1, 0.15) is 26.2 Å². The molecule has 4 heteroatoms. The van der Waals surface area contributed by atoms with E-state index in [1.807, 2.05) is 0 Å². The Bertz CT molecular complexity index is 238. The summed E-state index contributed by atoms with van der Waals surface area (Å²) in [4.78, 5) is 23.7. The van der Waals surface area contributed by atoms with Crippen LogP contribution in [0.5, 0.6) is 0 Å². The summed E-state index contributed by atoms with van der Waals surface area (Å²) < 4.78 is 0. The Morgan fingerprint density at radius 3 is 2.54 bits per heavy atom. The van der Waals surface area contributed by atoms with E-state index in [0.717, 1.165) is 19.3 Å². The van der Waals surface area contributed by atoms with Gasteiger partial charge in [-0.1, -0.05) is 0 Å². The molecule has 0 spiro atoms. The van der Waals surface area contributed by atoms with Crippen LogP contribution in [0.15, 0.2) is 0 Å². The Kier molecular flexibility index (Phi) is 1.78. The predicted molar refractivity (Wildman–Crippen MR) is 45.1 cm³/mol. The number of rotatable bonds is 1. The Hall–Kier alpha value is -1.06. The van der Waals surface area contributed by atoms with Gasteiger partial charge in [0.25, 0.3) is 0 Å². The molecule has 2 aliphatic rings. The van der Waals surface area contributed by atoms with Crippen LogP contribution in [0.3, 0.4) is 0 Å². The van der Waals surface area contributed by atoms with Crippen molar-refractivity contribution in [3.63, 3.8) is 0 Å². The number of carboxylic acid groups (broad SMARTS) is 1. The van der Waals surface area contributed by atoms with E-state index in [1.165, 1.54) is 6.92 Å². The molecule has 1 aliphatic carbocycles. The van der Waals surface area contributed by atoms with E-state index < -0.39 is 12.0 Å². The molecular formula is C9H13NO3. The predicted octanol–water partition coefficient (Wildman–Crippen LogP) is 0.470. The topological polar surface area (TPSA) is 57.6 Å². The van der Waals surface area contributed by atoms with Crippen LogP contribution < -0.4 is 0 Å². The highest BCUT2D eigenvalue weighted by atomic mass is 16.4. The van der Waals surface area contributed by atoms with E-state index in [0.29, 0.717) is 0 Å². The van der Waals surface area contributed by atoms with Crippen molar-refractivity contribution < 1.29 is 14.7 Å². The Morgan fingerprint density at radius 2 is 2.08 bits per heavy atom. The van der Waals surface area contributed by atoms with Crippen LogP contribution >= 0.6 is 0 Å². The van der Waals surface area contributed by atoms with Crippen LogP contribution in [-0.4, -0.2) is 34.0 Å². The molecule has 0 radical (unpaired) electrons. The van der Waals surface area contributed by atoms with Crippen LogP contribution in [0.2, 0.25) is 0 Å². The largest absolute Gasteiger partial charge is 0.480 e. The molecule has 0 aromatic heterocycles. The summed E-state index contributed by atoms with van der Waals surface area (Å²) in [6.07, 6.45) is 2.83. The number of likely N-dealkylation sites (tertiary alicyclic amines) is 1. The van der Waals surface area contributed by atoms with Crippen LogP contribution in [0.25, 0.3) is 0 Å². The summed E-state index contributed by atoms with van der Waals surface area (Å²) in [5.41, 5.74) is 0. The van der Waals surface area contributed by atoms with E-state index in [4.69, 9.17) is 5.11 Å². The van der Waals surface area contributed by atoms with Gasteiger partial charge in [0.1, 0.15) is 6.04 Å². The molecule has 13 heavy (non-hydrogen) atoms. The van der Waals surface area contributed by atoms with Gasteiger partial charge in [0.2, 0.25) is 5.91 Å². The third-order valence-electron chi connectivity index (χ3n) is 3.20. The fraction of sp³-hybridized carbons (Fsp3) is 0.778. The van der Waals surface area contributed by atoms with Crippen LogP contribution in [0, 0.1) is 5.92 Å². The van der Waals surface area contributed by atoms with Crippen molar-refractivity contribution in [2.45, 2.75) is 38.3 Å². The molecule has 4 nitrogen and oxygen atoms in total. The first-order chi connectivity index (χ1) is 6.11. The van der Waals surface area contributed by atoms with Gasteiger partial charge in [0.05, 0.1) is 0 Å². The standard InChI is InChI=1S/C9H13NO3/c1-5(11)10-7-3-2-6(4-7)8(10)9(12)13/h6-8H,2-4H2,1H3,(H,12,13)/t6-,7?,8-/m0/s1. The maximum Gasteiger partial charge on any atom is 0.326 e. The molecule has 1 unspecified atom stereocenters. The molecule has 1 heterocycles. The number of aliphatic carboxylic acids is 1. The van der Waals surface area contributed by atoms with Gasteiger partial charge in [-0.05, 0) is 25.2 Å². The smallest absolute Gasteiger partial charge is 0.326 e. The number of carbonyl (C=O) groups is 2. The molecule has 0 aromatic carbocycles. The van der Waals surface area contributed by atoms with Crippen molar-refractivity contribution >= 4 is 11.9 Å². The summed E-state index contributed by atoms with van der Waals surface area (Å²) in [6, 6.07) is -0.347. The van der Waals surface area contributed by atoms with Crippen LogP contribution in [0.4, 0.5) is 0 Å². The van der Waals surface area contributed by atoms with Crippen LogP contribution in [-0.2, 0) is 9.59 Å². The fourth-order valence-electron chi connectivity index (χ4n) is 2.76. The molecule has 0 aromatic rings. The Labute approximate surface area is 76.5 Å². The van der Waals surface area contributed by atoms with E-state index in [-0.39, 0.29) is 17.9 Å². The minimum atomic E-state index is -0.845. The first-order valence-electron chi connectivity index (χ1n) is 4.63. The zero-order valence-electron chi connectivity index (χ0n) is 7.56. The van der Waals surface area contributed by atoms with Crippen molar-refractivity contribution in [1.82, 2.24) is 4.90 Å².